The lowest BCUT2D eigenvalue weighted by Crippen LogP contribution is -1.83. The predicted octanol–water partition coefficient (Wildman–Crippen LogP) is 3.42. The first-order valence-corrected chi connectivity index (χ1v) is 6.20. The molecule has 0 saturated carbocycles. The first-order chi connectivity index (χ1) is 9.08. The van der Waals surface area contributed by atoms with Crippen LogP contribution in [0.5, 0.6) is 11.8 Å². The van der Waals surface area contributed by atoms with Crippen molar-refractivity contribution in [2.45, 2.75) is 42.0 Å². The minimum atomic E-state index is 0. The second-order valence-corrected chi connectivity index (χ2v) is 3.58. The fourth-order valence-electron chi connectivity index (χ4n) is 1.16. The molecule has 0 atom stereocenters. The van der Waals surface area contributed by atoms with E-state index >= 15 is 0 Å². The number of methoxy groups -OCH3 is 2. The van der Waals surface area contributed by atoms with E-state index in [9.17, 15) is 0 Å². The summed E-state index contributed by atoms with van der Waals surface area (Å²) in [4.78, 5) is 0. The SMILES string of the molecule is C.CC.COc1cc(C)[nH]n1.COc1n[nH]c(C)c1C. The van der Waals surface area contributed by atoms with E-state index in [1.165, 1.54) is 0 Å². The molecule has 2 rings (SSSR count). The molecule has 6 nitrogen and oxygen atoms in total. The number of nitrogens with zero attached hydrogens (tertiary/aromatic N) is 2. The number of ether oxygens (including phenoxy) is 2. The van der Waals surface area contributed by atoms with Crippen LogP contribution in [-0.2, 0) is 0 Å². The molecule has 2 N–H and O–H groups in total. The third-order valence-electron chi connectivity index (χ3n) is 2.29. The molecule has 116 valence electrons. The molecule has 0 saturated heterocycles. The second kappa shape index (κ2) is 10.9. The van der Waals surface area contributed by atoms with Gasteiger partial charge in [0.15, 0.2) is 0 Å². The topological polar surface area (TPSA) is 75.8 Å². The Hall–Kier alpha value is -1.98. The van der Waals surface area contributed by atoms with Crippen LogP contribution in [0.15, 0.2) is 6.07 Å². The van der Waals surface area contributed by atoms with Gasteiger partial charge in [0.1, 0.15) is 0 Å². The van der Waals surface area contributed by atoms with E-state index in [-0.39, 0.29) is 7.43 Å². The van der Waals surface area contributed by atoms with Crippen molar-refractivity contribution in [1.82, 2.24) is 20.4 Å². The number of H-pyrrole nitrogens is 2. The smallest absolute Gasteiger partial charge is 0.235 e. The molecule has 0 aliphatic carbocycles. The highest BCUT2D eigenvalue weighted by Gasteiger charge is 2.02. The summed E-state index contributed by atoms with van der Waals surface area (Å²) in [6.45, 7) is 9.86. The van der Waals surface area contributed by atoms with Crippen LogP contribution in [-0.4, -0.2) is 34.6 Å². The van der Waals surface area contributed by atoms with Crippen LogP contribution >= 0.6 is 0 Å². The molecule has 2 aromatic rings. The van der Waals surface area contributed by atoms with Gasteiger partial charge in [0.2, 0.25) is 11.8 Å². The Kier molecular flexibility index (Phi) is 11.1. The number of hydrogen-bond acceptors (Lipinski definition) is 4. The molecule has 0 amide bonds. The quantitative estimate of drug-likeness (QED) is 0.886. The van der Waals surface area contributed by atoms with Crippen LogP contribution in [0.4, 0.5) is 0 Å². The molecular weight excluding hydrogens is 256 g/mol. The molecule has 0 unspecified atom stereocenters. The number of rotatable bonds is 2. The van der Waals surface area contributed by atoms with Crippen LogP contribution < -0.4 is 9.47 Å². The van der Waals surface area contributed by atoms with E-state index in [0.29, 0.717) is 11.8 Å². The molecule has 20 heavy (non-hydrogen) atoms. The van der Waals surface area contributed by atoms with Gasteiger partial charge in [-0.15, -0.1) is 10.2 Å². The van der Waals surface area contributed by atoms with Crippen molar-refractivity contribution in [2.75, 3.05) is 14.2 Å². The third-order valence-corrected chi connectivity index (χ3v) is 2.29. The van der Waals surface area contributed by atoms with E-state index in [0.717, 1.165) is 17.0 Å². The lowest BCUT2D eigenvalue weighted by atomic mass is 10.3. The lowest BCUT2D eigenvalue weighted by Gasteiger charge is -1.91. The Morgan fingerprint density at radius 2 is 1.55 bits per heavy atom. The molecule has 0 bridgehead atoms. The molecule has 0 aliphatic heterocycles. The van der Waals surface area contributed by atoms with Gasteiger partial charge in [0.25, 0.3) is 0 Å². The summed E-state index contributed by atoms with van der Waals surface area (Å²) in [6.07, 6.45) is 0. The average Bonchev–Trinajstić information content (AvgIpc) is 3.00. The third kappa shape index (κ3) is 6.26. The van der Waals surface area contributed by atoms with Gasteiger partial charge >= 0.3 is 0 Å². The van der Waals surface area contributed by atoms with Gasteiger partial charge < -0.3 is 9.47 Å². The van der Waals surface area contributed by atoms with E-state index in [2.05, 4.69) is 20.4 Å². The van der Waals surface area contributed by atoms with Crippen LogP contribution in [0, 0.1) is 20.8 Å². The lowest BCUT2D eigenvalue weighted by molar-refractivity contribution is 0.394. The van der Waals surface area contributed by atoms with Crippen molar-refractivity contribution in [3.8, 4) is 11.8 Å². The maximum absolute atomic E-state index is 4.92. The molecule has 0 aliphatic rings. The zero-order valence-electron chi connectivity index (χ0n) is 12.8. The van der Waals surface area contributed by atoms with E-state index in [1.54, 1.807) is 14.2 Å². The number of aromatic nitrogens is 4. The Labute approximate surface area is 121 Å². The molecule has 0 aromatic carbocycles. The van der Waals surface area contributed by atoms with Crippen LogP contribution in [0.2, 0.25) is 0 Å². The average molecular weight is 284 g/mol. The predicted molar refractivity (Wildman–Crippen MR) is 82.6 cm³/mol. The van der Waals surface area contributed by atoms with Gasteiger partial charge in [-0.25, -0.2) is 0 Å². The van der Waals surface area contributed by atoms with Crippen LogP contribution in [0.3, 0.4) is 0 Å². The minimum absolute atomic E-state index is 0. The normalized spacial score (nSPS) is 8.35. The van der Waals surface area contributed by atoms with Crippen molar-refractivity contribution in [3.05, 3.63) is 23.0 Å². The Balaban J connectivity index is 0. The zero-order chi connectivity index (χ0) is 14.8. The maximum Gasteiger partial charge on any atom is 0.235 e. The largest absolute Gasteiger partial charge is 0.480 e. The highest BCUT2D eigenvalue weighted by Crippen LogP contribution is 2.14. The zero-order valence-corrected chi connectivity index (χ0v) is 12.8. The highest BCUT2D eigenvalue weighted by atomic mass is 16.5. The van der Waals surface area contributed by atoms with E-state index in [4.69, 9.17) is 9.47 Å². The number of aromatic amines is 2. The summed E-state index contributed by atoms with van der Waals surface area (Å²) in [5.41, 5.74) is 3.16. The van der Waals surface area contributed by atoms with Crippen molar-refractivity contribution in [1.29, 1.82) is 0 Å². The van der Waals surface area contributed by atoms with Crippen molar-refractivity contribution in [2.24, 2.45) is 0 Å². The Morgan fingerprint density at radius 3 is 1.75 bits per heavy atom. The molecule has 6 heteroatoms. The standard InChI is InChI=1S/C6H10N2O.C5H8N2O.C2H6.CH4/c1-4-5(2)7-8-6(4)9-3;1-4-3-5(8-2)7-6-4;1-2;/h1-3H3,(H,7,8);3H,1-2H3,(H,6,7);1-2H3;1H4. The fraction of sp³-hybridized carbons (Fsp3) is 0.571. The van der Waals surface area contributed by atoms with Gasteiger partial charge in [-0.3, -0.25) is 10.2 Å². The van der Waals surface area contributed by atoms with E-state index in [1.807, 2.05) is 40.7 Å². The summed E-state index contributed by atoms with van der Waals surface area (Å²) in [7, 11) is 3.21. The van der Waals surface area contributed by atoms with Gasteiger partial charge in [-0.1, -0.05) is 21.3 Å². The van der Waals surface area contributed by atoms with Crippen molar-refractivity contribution in [3.63, 3.8) is 0 Å². The molecular formula is C14H28N4O2. The van der Waals surface area contributed by atoms with Gasteiger partial charge in [0, 0.05) is 23.0 Å². The van der Waals surface area contributed by atoms with Crippen molar-refractivity contribution >= 4 is 0 Å². The summed E-state index contributed by atoms with van der Waals surface area (Å²) in [5.74, 6) is 1.33. The molecule has 2 heterocycles. The fourth-order valence-corrected chi connectivity index (χ4v) is 1.16. The monoisotopic (exact) mass is 284 g/mol. The molecule has 0 spiro atoms. The summed E-state index contributed by atoms with van der Waals surface area (Å²) in [5, 5.41) is 13.2. The molecule has 2 aromatic heterocycles. The van der Waals surface area contributed by atoms with Gasteiger partial charge in [-0.2, -0.15) is 0 Å². The minimum Gasteiger partial charge on any atom is -0.480 e. The summed E-state index contributed by atoms with van der Waals surface area (Å²) < 4.78 is 9.72. The van der Waals surface area contributed by atoms with Gasteiger partial charge in [-0.05, 0) is 20.8 Å². The maximum atomic E-state index is 4.92. The van der Waals surface area contributed by atoms with Crippen LogP contribution in [0.25, 0.3) is 0 Å². The Morgan fingerprint density at radius 1 is 0.950 bits per heavy atom. The van der Waals surface area contributed by atoms with Gasteiger partial charge in [0.05, 0.1) is 14.2 Å². The number of aryl methyl sites for hydroxylation is 2. The summed E-state index contributed by atoms with van der Waals surface area (Å²) in [6, 6.07) is 1.83. The number of hydrogen-bond donors (Lipinski definition) is 2. The van der Waals surface area contributed by atoms with Crippen LogP contribution in [0.1, 0.15) is 38.2 Å². The Bertz CT molecular complexity index is 463. The summed E-state index contributed by atoms with van der Waals surface area (Å²) >= 11 is 0. The molecule has 0 radical (unpaired) electrons. The first kappa shape index (κ1) is 20.3. The van der Waals surface area contributed by atoms with Crippen molar-refractivity contribution < 1.29 is 9.47 Å². The first-order valence-electron chi connectivity index (χ1n) is 6.20. The molecule has 0 fully saturated rings. The second-order valence-electron chi connectivity index (χ2n) is 3.58. The highest BCUT2D eigenvalue weighted by molar-refractivity contribution is 5.27. The number of nitrogens with one attached hydrogen (secondary N) is 2. The van der Waals surface area contributed by atoms with E-state index < -0.39 is 0 Å².